The predicted molar refractivity (Wildman–Crippen MR) is 253 cm³/mol. The SMILES string of the molecule is C=CCO[C@H]1OC(CC)[C@@H](C)[C@H](C)C1O[C@@H]1OC(CC)[C@@H](O[C@@H]2OC(CO[C@@]3(C(=O)OC)OC([C@H](OC(C)=O)[C@@H](CC)OC(C)=O)[C@H](C)[C@H](C)C3F)[C@H](OCc3ccccc3)[C@H](C)C2C)[C@H](C)C1C. The van der Waals surface area contributed by atoms with Crippen molar-refractivity contribution in [2.45, 2.75) is 202 Å². The molecule has 16 heteroatoms. The van der Waals surface area contributed by atoms with Gasteiger partial charge in [0.25, 0.3) is 0 Å². The summed E-state index contributed by atoms with van der Waals surface area (Å²) in [6.45, 7) is 28.4. The largest absolute Gasteiger partial charge is 0.465 e. The fraction of sp³-hybridized carbons (Fsp3) is 0.792. The molecule has 4 aliphatic heterocycles. The van der Waals surface area contributed by atoms with Gasteiger partial charge < -0.3 is 56.8 Å². The average Bonchev–Trinajstić information content (AvgIpc) is 3.33. The van der Waals surface area contributed by atoms with Gasteiger partial charge in [0.1, 0.15) is 24.4 Å². The molecule has 0 N–H and O–H groups in total. The second-order valence-electron chi connectivity index (χ2n) is 20.0. The van der Waals surface area contributed by atoms with E-state index in [9.17, 15) is 14.4 Å². The Morgan fingerprint density at radius 2 is 1.26 bits per heavy atom. The Bertz CT molecular complexity index is 1790. The number of esters is 3. The molecular formula is C53H83FO15. The molecule has 0 spiro atoms. The Labute approximate surface area is 410 Å². The molecule has 69 heavy (non-hydrogen) atoms. The van der Waals surface area contributed by atoms with Crippen LogP contribution in [-0.4, -0.2) is 124 Å². The molecule has 4 heterocycles. The topological polar surface area (TPSA) is 162 Å². The molecule has 0 aromatic heterocycles. The summed E-state index contributed by atoms with van der Waals surface area (Å²) in [6, 6.07) is 9.69. The van der Waals surface area contributed by atoms with Crippen LogP contribution in [0, 0.1) is 47.3 Å². The van der Waals surface area contributed by atoms with Crippen LogP contribution in [0.25, 0.3) is 0 Å². The maximum atomic E-state index is 17.1. The van der Waals surface area contributed by atoms with Crippen LogP contribution >= 0.6 is 0 Å². The van der Waals surface area contributed by atoms with Crippen LogP contribution in [0.1, 0.15) is 115 Å². The normalized spacial score (nSPS) is 40.2. The predicted octanol–water partition coefficient (Wildman–Crippen LogP) is 8.52. The molecule has 5 rings (SSSR count). The van der Waals surface area contributed by atoms with Crippen molar-refractivity contribution in [3.63, 3.8) is 0 Å². The number of alkyl halides is 1. The first-order valence-corrected chi connectivity index (χ1v) is 25.3. The van der Waals surface area contributed by atoms with Crippen LogP contribution in [0.5, 0.6) is 0 Å². The van der Waals surface area contributed by atoms with Gasteiger partial charge in [-0.3, -0.25) is 9.59 Å². The van der Waals surface area contributed by atoms with E-state index in [4.69, 9.17) is 56.8 Å². The maximum absolute atomic E-state index is 17.1. The fourth-order valence-corrected chi connectivity index (χ4v) is 10.5. The highest BCUT2D eigenvalue weighted by atomic mass is 19.1. The van der Waals surface area contributed by atoms with E-state index in [1.165, 1.54) is 13.8 Å². The van der Waals surface area contributed by atoms with Crippen LogP contribution in [0.15, 0.2) is 43.0 Å². The van der Waals surface area contributed by atoms with Gasteiger partial charge in [0.05, 0.1) is 51.3 Å². The van der Waals surface area contributed by atoms with E-state index >= 15 is 4.39 Å². The first-order valence-electron chi connectivity index (χ1n) is 25.3. The number of rotatable bonds is 21. The van der Waals surface area contributed by atoms with Crippen LogP contribution in [0.2, 0.25) is 0 Å². The van der Waals surface area contributed by atoms with E-state index in [1.54, 1.807) is 26.8 Å². The molecule has 1 aromatic rings. The van der Waals surface area contributed by atoms with Gasteiger partial charge in [0.2, 0.25) is 0 Å². The third kappa shape index (κ3) is 13.0. The molecular weight excluding hydrogens is 896 g/mol. The molecule has 22 atom stereocenters. The molecule has 1 aromatic carbocycles. The summed E-state index contributed by atoms with van der Waals surface area (Å²) in [6.07, 6.45) is -6.68. The molecule has 8 unspecified atom stereocenters. The quantitative estimate of drug-likeness (QED) is 0.0654. The van der Waals surface area contributed by atoms with Crippen LogP contribution in [-0.2, 0) is 77.8 Å². The van der Waals surface area contributed by atoms with Crippen molar-refractivity contribution in [1.82, 2.24) is 0 Å². The highest BCUT2D eigenvalue weighted by Gasteiger charge is 2.63. The average molecular weight is 979 g/mol. The van der Waals surface area contributed by atoms with Gasteiger partial charge in [0.15, 0.2) is 31.1 Å². The van der Waals surface area contributed by atoms with E-state index in [1.807, 2.05) is 44.2 Å². The molecule has 0 radical (unpaired) electrons. The Morgan fingerprint density at radius 1 is 0.696 bits per heavy atom. The van der Waals surface area contributed by atoms with E-state index in [2.05, 4.69) is 48.1 Å². The van der Waals surface area contributed by atoms with Crippen LogP contribution < -0.4 is 0 Å². The highest BCUT2D eigenvalue weighted by Crippen LogP contribution is 2.46. The lowest BCUT2D eigenvalue weighted by molar-refractivity contribution is -0.367. The number of methoxy groups -OCH3 is 1. The minimum atomic E-state index is -2.65. The van der Waals surface area contributed by atoms with Gasteiger partial charge in [-0.15, -0.1) is 6.58 Å². The van der Waals surface area contributed by atoms with E-state index in [0.717, 1.165) is 19.1 Å². The lowest BCUT2D eigenvalue weighted by atomic mass is 9.77. The Morgan fingerprint density at radius 3 is 1.83 bits per heavy atom. The van der Waals surface area contributed by atoms with Gasteiger partial charge in [-0.1, -0.05) is 113 Å². The molecule has 4 saturated heterocycles. The van der Waals surface area contributed by atoms with Gasteiger partial charge >= 0.3 is 23.7 Å². The maximum Gasteiger partial charge on any atom is 0.369 e. The van der Waals surface area contributed by atoms with Crippen molar-refractivity contribution >= 4 is 17.9 Å². The lowest BCUT2D eigenvalue weighted by Gasteiger charge is -2.51. The summed E-state index contributed by atoms with van der Waals surface area (Å²) < 4.78 is 93.5. The number of benzene rings is 1. The van der Waals surface area contributed by atoms with Crippen molar-refractivity contribution in [2.75, 3.05) is 20.3 Å². The number of hydrogen-bond donors (Lipinski definition) is 0. The molecule has 0 bridgehead atoms. The van der Waals surface area contributed by atoms with Gasteiger partial charge in [-0.05, 0) is 60.3 Å². The zero-order valence-corrected chi connectivity index (χ0v) is 43.5. The molecule has 15 nitrogen and oxygen atoms in total. The lowest BCUT2D eigenvalue weighted by Crippen LogP contribution is -2.67. The highest BCUT2D eigenvalue weighted by molar-refractivity contribution is 5.79. The number of halogens is 1. The number of carbonyl (C=O) groups is 3. The summed E-state index contributed by atoms with van der Waals surface area (Å²) in [7, 11) is 1.12. The Hall–Kier alpha value is -3.06. The Balaban J connectivity index is 1.43. The summed E-state index contributed by atoms with van der Waals surface area (Å²) in [5.41, 5.74) is 0.929. The monoisotopic (exact) mass is 979 g/mol. The number of ether oxygens (including phenoxy) is 12. The zero-order valence-electron chi connectivity index (χ0n) is 43.5. The third-order valence-electron chi connectivity index (χ3n) is 15.6. The molecule has 0 amide bonds. The van der Waals surface area contributed by atoms with Gasteiger partial charge in [-0.25, -0.2) is 9.18 Å². The molecule has 0 aliphatic carbocycles. The summed E-state index contributed by atoms with van der Waals surface area (Å²) in [5, 5.41) is 0. The third-order valence-corrected chi connectivity index (χ3v) is 15.6. The standard InChI is InChI=1S/C53H83FO15/c1-16-25-59-51-46(29(6)28(5)39(17-2)64-51)68-49-35(12)32(9)44(40(18-3)65-49)67-50-34(11)31(8)43(60-26-38-23-21-20-22-24-38)42(66-50)27-61-53(52(57)58-15)48(54)33(10)30(7)45(69-53)47(63-37(14)56)41(19-4)62-36(13)55/h16,20-24,28-35,39-51H,1,17-19,25-27H2,2-15H3/t28-,29-,30+,31+,32+,33-,34?,35?,39?,40?,41+,42?,43+,44-,45?,46?,47+,48?,49-,50-,51-,53+/m0/s1. The summed E-state index contributed by atoms with van der Waals surface area (Å²) in [5.74, 6) is -6.87. The number of hydrogen-bond acceptors (Lipinski definition) is 15. The van der Waals surface area contributed by atoms with Gasteiger partial charge in [0, 0.05) is 25.7 Å². The minimum Gasteiger partial charge on any atom is -0.465 e. The van der Waals surface area contributed by atoms with Gasteiger partial charge in [-0.2, -0.15) is 0 Å². The van der Waals surface area contributed by atoms with Crippen LogP contribution in [0.3, 0.4) is 0 Å². The second kappa shape index (κ2) is 25.5. The molecule has 392 valence electrons. The Kier molecular flexibility index (Phi) is 21.0. The van der Waals surface area contributed by atoms with Crippen molar-refractivity contribution in [1.29, 1.82) is 0 Å². The summed E-state index contributed by atoms with van der Waals surface area (Å²) >= 11 is 0. The van der Waals surface area contributed by atoms with Crippen molar-refractivity contribution in [3.8, 4) is 0 Å². The second-order valence-corrected chi connectivity index (χ2v) is 20.0. The van der Waals surface area contributed by atoms with E-state index < -0.39 is 104 Å². The van der Waals surface area contributed by atoms with Crippen LogP contribution in [0.4, 0.5) is 4.39 Å². The molecule has 4 fully saturated rings. The van der Waals surface area contributed by atoms with E-state index in [-0.39, 0.29) is 66.8 Å². The minimum absolute atomic E-state index is 0.0348. The van der Waals surface area contributed by atoms with Crippen molar-refractivity contribution < 1.29 is 75.6 Å². The number of carbonyl (C=O) groups excluding carboxylic acids is 3. The first-order chi connectivity index (χ1) is 32.8. The zero-order chi connectivity index (χ0) is 50.9. The molecule has 0 saturated carbocycles. The summed E-state index contributed by atoms with van der Waals surface area (Å²) in [4.78, 5) is 38.8. The van der Waals surface area contributed by atoms with E-state index in [0.29, 0.717) is 13.0 Å². The fourth-order valence-electron chi connectivity index (χ4n) is 10.5. The first kappa shape index (κ1) is 56.8. The van der Waals surface area contributed by atoms with Crippen molar-refractivity contribution in [3.05, 3.63) is 48.6 Å². The molecule has 4 aliphatic rings. The smallest absolute Gasteiger partial charge is 0.369 e. The van der Waals surface area contributed by atoms with Crippen molar-refractivity contribution in [2.24, 2.45) is 47.3 Å².